The number of carbonyl (C=O) groups is 1. The van der Waals surface area contributed by atoms with Gasteiger partial charge in [-0.15, -0.1) is 0 Å². The zero-order chi connectivity index (χ0) is 14.5. The maximum atomic E-state index is 12.5. The highest BCUT2D eigenvalue weighted by Crippen LogP contribution is 2.24. The first kappa shape index (κ1) is 15.3. The largest absolute Gasteiger partial charge is 0.323 e. The lowest BCUT2D eigenvalue weighted by Gasteiger charge is -2.34. The summed E-state index contributed by atoms with van der Waals surface area (Å²) in [6, 6.07) is 5.71. The van der Waals surface area contributed by atoms with Crippen LogP contribution in [0, 0.1) is 6.92 Å². The molecule has 1 atom stereocenters. The van der Waals surface area contributed by atoms with Crippen molar-refractivity contribution in [1.29, 1.82) is 0 Å². The highest BCUT2D eigenvalue weighted by Gasteiger charge is 2.28. The molecule has 1 aromatic rings. The van der Waals surface area contributed by atoms with Crippen molar-refractivity contribution in [2.45, 2.75) is 45.6 Å². The molecular formula is C16H23ClN2O. The van der Waals surface area contributed by atoms with Crippen LogP contribution >= 0.6 is 11.6 Å². The lowest BCUT2D eigenvalue weighted by Crippen LogP contribution is -2.47. The van der Waals surface area contributed by atoms with Gasteiger partial charge in [-0.05, 0) is 57.0 Å². The zero-order valence-corrected chi connectivity index (χ0v) is 13.0. The van der Waals surface area contributed by atoms with E-state index < -0.39 is 0 Å². The predicted octanol–water partition coefficient (Wildman–Crippen LogP) is 3.85. The Labute approximate surface area is 126 Å². The van der Waals surface area contributed by atoms with Crippen molar-refractivity contribution in [3.8, 4) is 0 Å². The highest BCUT2D eigenvalue weighted by molar-refractivity contribution is 6.33. The molecule has 1 heterocycles. The van der Waals surface area contributed by atoms with Crippen LogP contribution in [0.5, 0.6) is 0 Å². The molecule has 3 nitrogen and oxygen atoms in total. The van der Waals surface area contributed by atoms with Crippen molar-refractivity contribution in [2.24, 2.45) is 0 Å². The quantitative estimate of drug-likeness (QED) is 0.915. The van der Waals surface area contributed by atoms with E-state index in [0.29, 0.717) is 10.7 Å². The number of benzene rings is 1. The summed E-state index contributed by atoms with van der Waals surface area (Å²) in [6.45, 7) is 6.15. The Morgan fingerprint density at radius 2 is 2.25 bits per heavy atom. The SMILES string of the molecule is CCCN1CCCCC1C(=O)Nc1ccc(C)cc1Cl. The predicted molar refractivity (Wildman–Crippen MR) is 84.3 cm³/mol. The van der Waals surface area contributed by atoms with Gasteiger partial charge < -0.3 is 5.32 Å². The number of piperidine rings is 1. The van der Waals surface area contributed by atoms with Crippen LogP contribution in [0.2, 0.25) is 5.02 Å². The van der Waals surface area contributed by atoms with E-state index in [1.165, 1.54) is 6.42 Å². The molecule has 2 rings (SSSR count). The number of halogens is 1. The van der Waals surface area contributed by atoms with E-state index in [1.807, 2.05) is 25.1 Å². The second-order valence-electron chi connectivity index (χ2n) is 5.52. The summed E-state index contributed by atoms with van der Waals surface area (Å²) in [4.78, 5) is 14.8. The number of aryl methyl sites for hydroxylation is 1. The van der Waals surface area contributed by atoms with Crippen molar-refractivity contribution in [2.75, 3.05) is 18.4 Å². The van der Waals surface area contributed by atoms with E-state index in [9.17, 15) is 4.79 Å². The number of anilines is 1. The van der Waals surface area contributed by atoms with Crippen molar-refractivity contribution in [1.82, 2.24) is 4.90 Å². The van der Waals surface area contributed by atoms with Crippen LogP contribution in [-0.4, -0.2) is 29.9 Å². The van der Waals surface area contributed by atoms with Gasteiger partial charge >= 0.3 is 0 Å². The molecule has 1 aliphatic heterocycles. The van der Waals surface area contributed by atoms with Crippen LogP contribution in [0.3, 0.4) is 0 Å². The molecule has 0 bridgehead atoms. The van der Waals surface area contributed by atoms with E-state index in [4.69, 9.17) is 11.6 Å². The topological polar surface area (TPSA) is 32.3 Å². The molecule has 1 unspecified atom stereocenters. The van der Waals surface area contributed by atoms with Gasteiger partial charge in [0.25, 0.3) is 0 Å². The van der Waals surface area contributed by atoms with Crippen molar-refractivity contribution >= 4 is 23.2 Å². The van der Waals surface area contributed by atoms with E-state index in [0.717, 1.165) is 37.9 Å². The molecule has 1 saturated heterocycles. The molecule has 0 aliphatic carbocycles. The van der Waals surface area contributed by atoms with Crippen LogP contribution in [0.4, 0.5) is 5.69 Å². The second-order valence-corrected chi connectivity index (χ2v) is 5.93. The van der Waals surface area contributed by atoms with E-state index >= 15 is 0 Å². The molecule has 0 aromatic heterocycles. The average molecular weight is 295 g/mol. The molecule has 0 radical (unpaired) electrons. The fraction of sp³-hybridized carbons (Fsp3) is 0.562. The van der Waals surface area contributed by atoms with Crippen LogP contribution in [0.25, 0.3) is 0 Å². The first-order chi connectivity index (χ1) is 9.61. The number of amides is 1. The number of hydrogen-bond acceptors (Lipinski definition) is 2. The number of carbonyl (C=O) groups excluding carboxylic acids is 1. The van der Waals surface area contributed by atoms with Gasteiger partial charge in [0.1, 0.15) is 0 Å². The summed E-state index contributed by atoms with van der Waals surface area (Å²) in [7, 11) is 0. The molecule has 1 N–H and O–H groups in total. The fourth-order valence-corrected chi connectivity index (χ4v) is 3.06. The molecule has 1 aromatic carbocycles. The Hall–Kier alpha value is -1.06. The van der Waals surface area contributed by atoms with Crippen LogP contribution in [-0.2, 0) is 4.79 Å². The monoisotopic (exact) mass is 294 g/mol. The smallest absolute Gasteiger partial charge is 0.241 e. The molecule has 1 aliphatic rings. The molecule has 4 heteroatoms. The van der Waals surface area contributed by atoms with Gasteiger partial charge in [0, 0.05) is 0 Å². The first-order valence-corrected chi connectivity index (χ1v) is 7.80. The van der Waals surface area contributed by atoms with Gasteiger partial charge in [0.15, 0.2) is 0 Å². The lowest BCUT2D eigenvalue weighted by molar-refractivity contribution is -0.122. The summed E-state index contributed by atoms with van der Waals surface area (Å²) < 4.78 is 0. The van der Waals surface area contributed by atoms with Crippen molar-refractivity contribution in [3.63, 3.8) is 0 Å². The van der Waals surface area contributed by atoms with Gasteiger partial charge in [0.2, 0.25) is 5.91 Å². The lowest BCUT2D eigenvalue weighted by atomic mass is 10.0. The highest BCUT2D eigenvalue weighted by atomic mass is 35.5. The number of hydrogen-bond donors (Lipinski definition) is 1. The number of rotatable bonds is 4. The van der Waals surface area contributed by atoms with Gasteiger partial charge in [-0.2, -0.15) is 0 Å². The molecule has 0 spiro atoms. The molecular weight excluding hydrogens is 272 g/mol. The fourth-order valence-electron chi connectivity index (χ4n) is 2.78. The first-order valence-electron chi connectivity index (χ1n) is 7.43. The summed E-state index contributed by atoms with van der Waals surface area (Å²) in [6.07, 6.45) is 4.33. The molecule has 110 valence electrons. The minimum atomic E-state index is -0.0129. The molecule has 0 saturated carbocycles. The Morgan fingerprint density at radius 3 is 2.95 bits per heavy atom. The maximum absolute atomic E-state index is 12.5. The molecule has 20 heavy (non-hydrogen) atoms. The van der Waals surface area contributed by atoms with Crippen LogP contribution in [0.15, 0.2) is 18.2 Å². The van der Waals surface area contributed by atoms with Crippen molar-refractivity contribution in [3.05, 3.63) is 28.8 Å². The Kier molecular flexibility index (Phi) is 5.44. The second kappa shape index (κ2) is 7.09. The van der Waals surface area contributed by atoms with Gasteiger partial charge in [-0.25, -0.2) is 0 Å². The van der Waals surface area contributed by atoms with E-state index in [1.54, 1.807) is 0 Å². The Morgan fingerprint density at radius 1 is 1.45 bits per heavy atom. The normalized spacial score (nSPS) is 19.9. The van der Waals surface area contributed by atoms with Crippen molar-refractivity contribution < 1.29 is 4.79 Å². The summed E-state index contributed by atoms with van der Waals surface area (Å²) in [5, 5.41) is 3.59. The third-order valence-corrected chi connectivity index (χ3v) is 4.12. The summed E-state index contributed by atoms with van der Waals surface area (Å²) in [5.41, 5.74) is 1.81. The molecule has 1 amide bonds. The zero-order valence-electron chi connectivity index (χ0n) is 12.3. The summed E-state index contributed by atoms with van der Waals surface area (Å²) in [5.74, 6) is 0.0731. The van der Waals surface area contributed by atoms with Gasteiger partial charge in [-0.3, -0.25) is 9.69 Å². The third-order valence-electron chi connectivity index (χ3n) is 3.81. The van der Waals surface area contributed by atoms with Gasteiger partial charge in [0.05, 0.1) is 16.8 Å². The van der Waals surface area contributed by atoms with E-state index in [-0.39, 0.29) is 11.9 Å². The Bertz CT molecular complexity index is 474. The summed E-state index contributed by atoms with van der Waals surface area (Å²) >= 11 is 6.18. The number of nitrogens with zero attached hydrogens (tertiary/aromatic N) is 1. The third kappa shape index (κ3) is 3.74. The average Bonchev–Trinajstić information content (AvgIpc) is 2.43. The van der Waals surface area contributed by atoms with Crippen LogP contribution < -0.4 is 5.32 Å². The standard InChI is InChI=1S/C16H23ClN2O/c1-3-9-19-10-5-4-6-15(19)16(20)18-14-8-7-12(2)11-13(14)17/h7-8,11,15H,3-6,9-10H2,1-2H3,(H,18,20). The number of nitrogens with one attached hydrogen (secondary N) is 1. The minimum Gasteiger partial charge on any atom is -0.323 e. The van der Waals surface area contributed by atoms with Crippen LogP contribution in [0.1, 0.15) is 38.2 Å². The minimum absolute atomic E-state index is 0.0129. The maximum Gasteiger partial charge on any atom is 0.241 e. The van der Waals surface area contributed by atoms with E-state index in [2.05, 4.69) is 17.1 Å². The molecule has 1 fully saturated rings. The van der Waals surface area contributed by atoms with Gasteiger partial charge in [-0.1, -0.05) is 31.0 Å². The number of likely N-dealkylation sites (tertiary alicyclic amines) is 1. The Balaban J connectivity index is 2.05.